The lowest BCUT2D eigenvalue weighted by Gasteiger charge is -2.32. The van der Waals surface area contributed by atoms with Gasteiger partial charge in [-0.2, -0.15) is 0 Å². The molecule has 0 aliphatic carbocycles. The summed E-state index contributed by atoms with van der Waals surface area (Å²) in [5, 5.41) is 4.46. The average Bonchev–Trinajstić information content (AvgIpc) is 2.53. The van der Waals surface area contributed by atoms with Crippen molar-refractivity contribution >= 4 is 40.6 Å². The highest BCUT2D eigenvalue weighted by Crippen LogP contribution is 2.26. The first kappa shape index (κ1) is 20.9. The largest absolute Gasteiger partial charge is 0.459 e. The number of nitrogens with one attached hydrogen (secondary N) is 2. The van der Waals surface area contributed by atoms with Crippen LogP contribution in [0.1, 0.15) is 27.2 Å². The van der Waals surface area contributed by atoms with Crippen LogP contribution < -0.4 is 10.6 Å². The van der Waals surface area contributed by atoms with Crippen LogP contribution in [0.25, 0.3) is 0 Å². The van der Waals surface area contributed by atoms with E-state index in [0.29, 0.717) is 12.3 Å². The van der Waals surface area contributed by atoms with Crippen LogP contribution in [0, 0.1) is 5.41 Å². The molecule has 1 aliphatic heterocycles. The van der Waals surface area contributed by atoms with Crippen molar-refractivity contribution < 1.29 is 33.4 Å². The van der Waals surface area contributed by atoms with Crippen LogP contribution in [0.5, 0.6) is 0 Å². The lowest BCUT2D eigenvalue weighted by Crippen LogP contribution is -2.49. The summed E-state index contributed by atoms with van der Waals surface area (Å²) in [6.07, 6.45) is -1.15. The topological polar surface area (TPSA) is 128 Å². The molecule has 1 heterocycles. The Kier molecular flexibility index (Phi) is 7.88. The van der Waals surface area contributed by atoms with E-state index in [1.54, 1.807) is 13.8 Å². The summed E-state index contributed by atoms with van der Waals surface area (Å²) in [4.78, 5) is 58.1. The van der Waals surface area contributed by atoms with E-state index in [0.717, 1.165) is 18.7 Å². The third kappa shape index (κ3) is 7.12. The van der Waals surface area contributed by atoms with Gasteiger partial charge in [-0.1, -0.05) is 13.8 Å². The predicted octanol–water partition coefficient (Wildman–Crippen LogP) is 0.0193. The second-order valence-electron chi connectivity index (χ2n) is 6.11. The number of ether oxygens (including phenoxy) is 2. The van der Waals surface area contributed by atoms with Crippen molar-refractivity contribution in [1.82, 2.24) is 10.6 Å². The van der Waals surface area contributed by atoms with Crippen LogP contribution in [0.15, 0.2) is 0 Å². The lowest BCUT2D eigenvalue weighted by molar-refractivity contribution is -0.158. The van der Waals surface area contributed by atoms with E-state index >= 15 is 0 Å². The zero-order valence-electron chi connectivity index (χ0n) is 14.4. The van der Waals surface area contributed by atoms with Crippen LogP contribution in [-0.4, -0.2) is 60.4 Å². The molecule has 0 unspecified atom stereocenters. The number of Topliss-reactive ketones (excluding diaryl/α,β-unsaturated/α-hetero) is 1. The van der Waals surface area contributed by atoms with Gasteiger partial charge in [0.05, 0.1) is 0 Å². The van der Waals surface area contributed by atoms with Crippen molar-refractivity contribution in [2.24, 2.45) is 5.41 Å². The van der Waals surface area contributed by atoms with Crippen molar-refractivity contribution in [3.63, 3.8) is 0 Å². The average molecular weight is 374 g/mol. The molecular weight excluding hydrogens is 352 g/mol. The van der Waals surface area contributed by atoms with E-state index in [4.69, 9.17) is 9.47 Å². The number of cyclic esters (lactones) is 1. The van der Waals surface area contributed by atoms with Crippen molar-refractivity contribution in [3.8, 4) is 0 Å². The minimum atomic E-state index is -1.24. The van der Waals surface area contributed by atoms with Gasteiger partial charge in [-0.25, -0.2) is 9.59 Å². The van der Waals surface area contributed by atoms with Gasteiger partial charge in [-0.15, -0.1) is 0 Å². The summed E-state index contributed by atoms with van der Waals surface area (Å²) in [6, 6.07) is 0. The summed E-state index contributed by atoms with van der Waals surface area (Å²) >= 11 is 0.826. The molecule has 1 rings (SSSR count). The second kappa shape index (κ2) is 9.40. The maximum Gasteiger partial charge on any atom is 0.374 e. The number of rotatable bonds is 4. The Hall–Kier alpha value is -2.10. The van der Waals surface area contributed by atoms with E-state index in [2.05, 4.69) is 10.6 Å². The highest BCUT2D eigenvalue weighted by Gasteiger charge is 2.40. The third-order valence-corrected chi connectivity index (χ3v) is 4.06. The molecule has 0 saturated carbocycles. The fourth-order valence-corrected chi connectivity index (χ4v) is 2.47. The lowest BCUT2D eigenvalue weighted by atomic mass is 9.86. The molecule has 25 heavy (non-hydrogen) atoms. The van der Waals surface area contributed by atoms with Gasteiger partial charge in [0.2, 0.25) is 11.7 Å². The zero-order valence-corrected chi connectivity index (χ0v) is 15.2. The van der Waals surface area contributed by atoms with Crippen LogP contribution in [-0.2, 0) is 28.7 Å². The van der Waals surface area contributed by atoms with Crippen molar-refractivity contribution in [2.75, 3.05) is 25.4 Å². The molecular formula is C15H22N2O7S. The molecule has 0 bridgehead atoms. The van der Waals surface area contributed by atoms with Gasteiger partial charge in [-0.05, 0) is 11.8 Å². The van der Waals surface area contributed by atoms with Crippen molar-refractivity contribution in [2.45, 2.75) is 33.3 Å². The van der Waals surface area contributed by atoms with Crippen LogP contribution >= 0.6 is 11.8 Å². The molecule has 9 nitrogen and oxygen atoms in total. The number of hydrogen-bond donors (Lipinski definition) is 2. The minimum Gasteiger partial charge on any atom is -0.459 e. The molecule has 0 radical (unpaired) electrons. The van der Waals surface area contributed by atoms with Crippen LogP contribution in [0.4, 0.5) is 4.79 Å². The second-order valence-corrected chi connectivity index (χ2v) is 7.14. The Balaban J connectivity index is 2.85. The van der Waals surface area contributed by atoms with E-state index in [9.17, 15) is 24.0 Å². The number of carbonyl (C=O) groups excluding carboxylic acids is 5. The summed E-state index contributed by atoms with van der Waals surface area (Å²) < 4.78 is 10.1. The maximum atomic E-state index is 12.4. The highest BCUT2D eigenvalue weighted by atomic mass is 32.2. The van der Waals surface area contributed by atoms with Gasteiger partial charge in [0.1, 0.15) is 6.61 Å². The summed E-state index contributed by atoms with van der Waals surface area (Å²) in [5.41, 5.74) is -1.07. The normalized spacial score (nSPS) is 20.3. The van der Waals surface area contributed by atoms with Gasteiger partial charge in [-0.3, -0.25) is 14.4 Å². The van der Waals surface area contributed by atoms with Gasteiger partial charge in [0.25, 0.3) is 5.91 Å². The van der Waals surface area contributed by atoms with E-state index in [1.165, 1.54) is 0 Å². The Morgan fingerprint density at radius 2 is 1.92 bits per heavy atom. The molecule has 0 spiro atoms. The summed E-state index contributed by atoms with van der Waals surface area (Å²) in [6.45, 7) is 4.30. The summed E-state index contributed by atoms with van der Waals surface area (Å²) in [7, 11) is 0. The number of ketones is 1. The number of thioether (sulfide) groups is 1. The van der Waals surface area contributed by atoms with E-state index in [1.807, 2.05) is 0 Å². The number of esters is 1. The quantitative estimate of drug-likeness (QED) is 0.521. The molecule has 0 aromatic heterocycles. The number of amides is 2. The fraction of sp³-hybridized carbons (Fsp3) is 0.667. The Morgan fingerprint density at radius 1 is 1.24 bits per heavy atom. The smallest absolute Gasteiger partial charge is 0.374 e. The molecule has 2 N–H and O–H groups in total. The molecule has 0 aromatic carbocycles. The predicted molar refractivity (Wildman–Crippen MR) is 88.8 cm³/mol. The molecule has 1 aliphatic rings. The van der Waals surface area contributed by atoms with Gasteiger partial charge >= 0.3 is 11.3 Å². The molecule has 1 fully saturated rings. The van der Waals surface area contributed by atoms with Crippen LogP contribution in [0.2, 0.25) is 0 Å². The third-order valence-electron chi connectivity index (χ3n) is 3.32. The first-order valence-corrected chi connectivity index (χ1v) is 8.67. The first-order valence-electron chi connectivity index (χ1n) is 7.69. The van der Waals surface area contributed by atoms with Gasteiger partial charge in [0, 0.05) is 37.6 Å². The van der Waals surface area contributed by atoms with E-state index in [-0.39, 0.29) is 25.5 Å². The molecule has 140 valence electrons. The Morgan fingerprint density at radius 3 is 2.56 bits per heavy atom. The van der Waals surface area contributed by atoms with Crippen molar-refractivity contribution in [3.05, 3.63) is 0 Å². The standard InChI is InChI=1S/C15H22N2O7S/c1-9(18)13(21)23-8-15(2,3)11-12(20)17-5-4-10(19)16-6-7-25-14(22)24-11/h11H,4-8H2,1-3H3,(H,16,19)(H,17,20)/t11-/m0/s1. The monoisotopic (exact) mass is 374 g/mol. The first-order chi connectivity index (χ1) is 11.6. The maximum absolute atomic E-state index is 12.4. The van der Waals surface area contributed by atoms with E-state index < -0.39 is 34.5 Å². The Labute approximate surface area is 149 Å². The molecule has 0 aromatic rings. The number of hydrogen-bond acceptors (Lipinski definition) is 8. The van der Waals surface area contributed by atoms with Gasteiger partial charge < -0.3 is 20.1 Å². The van der Waals surface area contributed by atoms with Crippen molar-refractivity contribution in [1.29, 1.82) is 0 Å². The van der Waals surface area contributed by atoms with Gasteiger partial charge in [0.15, 0.2) is 6.10 Å². The SMILES string of the molecule is CC(=O)C(=O)OCC(C)(C)[C@H]1OC(=O)SCCNC(=O)CCNC1=O. The molecule has 1 atom stereocenters. The summed E-state index contributed by atoms with van der Waals surface area (Å²) in [5.74, 6) is -2.33. The fourth-order valence-electron chi connectivity index (χ4n) is 1.93. The minimum absolute atomic E-state index is 0.0785. The molecule has 1 saturated heterocycles. The molecule has 2 amide bonds. The van der Waals surface area contributed by atoms with Crippen LogP contribution in [0.3, 0.4) is 0 Å². The molecule has 10 heteroatoms. The number of carbonyl (C=O) groups is 5. The highest BCUT2D eigenvalue weighted by molar-refractivity contribution is 8.13. The Bertz CT molecular complexity index is 562. The zero-order chi connectivity index (χ0) is 19.0.